The fourth-order valence-corrected chi connectivity index (χ4v) is 4.09. The second-order valence-electron chi connectivity index (χ2n) is 8.11. The summed E-state index contributed by atoms with van der Waals surface area (Å²) in [5, 5.41) is 3.98. The van der Waals surface area contributed by atoms with Gasteiger partial charge in [0, 0.05) is 18.1 Å². The Kier molecular flexibility index (Phi) is 12.5. The number of unbranched alkanes of at least 4 members (excludes halogenated alkanes) is 7. The van der Waals surface area contributed by atoms with Gasteiger partial charge in [0.15, 0.2) is 0 Å². The van der Waals surface area contributed by atoms with Crippen LogP contribution >= 0.6 is 23.2 Å². The molecule has 3 nitrogen and oxygen atoms in total. The molecule has 2 rings (SSSR count). The van der Waals surface area contributed by atoms with Gasteiger partial charge in [-0.05, 0) is 49.4 Å². The number of amides is 2. The van der Waals surface area contributed by atoms with Crippen molar-refractivity contribution < 1.29 is 4.79 Å². The summed E-state index contributed by atoms with van der Waals surface area (Å²) in [4.78, 5) is 14.9. The van der Waals surface area contributed by atoms with Crippen LogP contribution in [0, 0.1) is 0 Å². The normalized spacial score (nSPS) is 10.8. The van der Waals surface area contributed by atoms with Crippen LogP contribution in [0.1, 0.15) is 70.3 Å². The molecule has 0 atom stereocenters. The van der Waals surface area contributed by atoms with Gasteiger partial charge in [0.2, 0.25) is 0 Å². The molecule has 0 unspecified atom stereocenters. The van der Waals surface area contributed by atoms with Crippen LogP contribution in [0.3, 0.4) is 0 Å². The molecule has 0 saturated carbocycles. The molecule has 1 N–H and O–H groups in total. The molecule has 0 spiro atoms. The highest BCUT2D eigenvalue weighted by Gasteiger charge is 2.14. The van der Waals surface area contributed by atoms with Gasteiger partial charge < -0.3 is 10.2 Å². The van der Waals surface area contributed by atoms with Crippen LogP contribution < -0.4 is 5.32 Å². The predicted octanol–water partition coefficient (Wildman–Crippen LogP) is 8.60. The minimum Gasteiger partial charge on any atom is -0.325 e. The summed E-state index contributed by atoms with van der Waals surface area (Å²) in [7, 11) is 0. The number of hydrogen-bond donors (Lipinski definition) is 1. The zero-order valence-corrected chi connectivity index (χ0v) is 20.2. The molecule has 2 aromatic rings. The lowest BCUT2D eigenvalue weighted by atomic mass is 10.1. The molecule has 0 aliphatic carbocycles. The van der Waals surface area contributed by atoms with Gasteiger partial charge in [-0.3, -0.25) is 0 Å². The number of carbonyl (C=O) groups excluding carboxylic acids is 1. The Bertz CT molecular complexity index is 767. The Morgan fingerprint density at radius 2 is 1.48 bits per heavy atom. The summed E-state index contributed by atoms with van der Waals surface area (Å²) < 4.78 is 0. The fraction of sp³-hybridized carbons (Fsp3) is 0.500. The van der Waals surface area contributed by atoms with Crippen molar-refractivity contribution in [2.75, 3.05) is 18.4 Å². The smallest absolute Gasteiger partial charge is 0.321 e. The first kappa shape index (κ1) is 25.5. The lowest BCUT2D eigenvalue weighted by Crippen LogP contribution is -2.36. The first-order chi connectivity index (χ1) is 15.1. The molecule has 0 aromatic heterocycles. The maximum Gasteiger partial charge on any atom is 0.321 e. The molecular weight excluding hydrogens is 427 g/mol. The van der Waals surface area contributed by atoms with E-state index in [1.165, 1.54) is 44.1 Å². The summed E-state index contributed by atoms with van der Waals surface area (Å²) in [5.74, 6) is 0. The number of aryl methyl sites for hydroxylation is 1. The number of anilines is 1. The molecule has 2 aromatic carbocycles. The summed E-state index contributed by atoms with van der Waals surface area (Å²) in [6.07, 6.45) is 11.7. The number of hydrogen-bond acceptors (Lipinski definition) is 1. The third kappa shape index (κ3) is 10.4. The lowest BCUT2D eigenvalue weighted by molar-refractivity contribution is 0.209. The molecule has 0 bridgehead atoms. The Labute approximate surface area is 198 Å². The molecule has 0 heterocycles. The van der Waals surface area contributed by atoms with Crippen LogP contribution in [0.25, 0.3) is 0 Å². The van der Waals surface area contributed by atoms with Crippen molar-refractivity contribution >= 4 is 34.9 Å². The average molecular weight is 463 g/mol. The molecule has 0 fully saturated rings. The topological polar surface area (TPSA) is 32.3 Å². The zero-order valence-electron chi connectivity index (χ0n) is 18.7. The standard InChI is InChI=1S/C26H36Cl2N2O/c1-2-3-4-5-6-7-12-19-30(20-13-11-16-22-14-9-8-10-15-22)26(31)29-25-18-17-23(27)21-24(25)28/h8-10,14-15,17-18,21H,2-7,11-13,16,19-20H2,1H3,(H,29,31). The van der Waals surface area contributed by atoms with E-state index in [0.29, 0.717) is 15.7 Å². The van der Waals surface area contributed by atoms with E-state index in [1.807, 2.05) is 11.0 Å². The molecule has 170 valence electrons. The van der Waals surface area contributed by atoms with Crippen LogP contribution in [0.5, 0.6) is 0 Å². The van der Waals surface area contributed by atoms with Crippen LogP contribution in [-0.2, 0) is 6.42 Å². The maximum atomic E-state index is 12.9. The monoisotopic (exact) mass is 462 g/mol. The first-order valence-electron chi connectivity index (χ1n) is 11.6. The third-order valence-electron chi connectivity index (χ3n) is 5.48. The van der Waals surface area contributed by atoms with E-state index in [0.717, 1.165) is 38.8 Å². The summed E-state index contributed by atoms with van der Waals surface area (Å²) in [6.45, 7) is 3.76. The minimum absolute atomic E-state index is 0.0880. The third-order valence-corrected chi connectivity index (χ3v) is 6.03. The van der Waals surface area contributed by atoms with Gasteiger partial charge in [0.25, 0.3) is 0 Å². The molecule has 0 aliphatic rings. The largest absolute Gasteiger partial charge is 0.325 e. The number of rotatable bonds is 14. The molecule has 31 heavy (non-hydrogen) atoms. The molecule has 5 heteroatoms. The van der Waals surface area contributed by atoms with Crippen molar-refractivity contribution in [1.29, 1.82) is 0 Å². The maximum absolute atomic E-state index is 12.9. The predicted molar refractivity (Wildman–Crippen MR) is 134 cm³/mol. The van der Waals surface area contributed by atoms with Crippen molar-refractivity contribution in [3.05, 3.63) is 64.1 Å². The van der Waals surface area contributed by atoms with E-state index in [9.17, 15) is 4.79 Å². The highest BCUT2D eigenvalue weighted by molar-refractivity contribution is 6.36. The highest BCUT2D eigenvalue weighted by Crippen LogP contribution is 2.25. The SMILES string of the molecule is CCCCCCCCCN(CCCCc1ccccc1)C(=O)Nc1ccc(Cl)cc1Cl. The molecular formula is C26H36Cl2N2O. The second kappa shape index (κ2) is 15.2. The second-order valence-corrected chi connectivity index (χ2v) is 8.95. The van der Waals surface area contributed by atoms with E-state index >= 15 is 0 Å². The van der Waals surface area contributed by atoms with Crippen LogP contribution in [-0.4, -0.2) is 24.0 Å². The number of nitrogens with one attached hydrogen (secondary N) is 1. The van der Waals surface area contributed by atoms with Gasteiger partial charge in [0.05, 0.1) is 10.7 Å². The van der Waals surface area contributed by atoms with E-state index in [4.69, 9.17) is 23.2 Å². The molecule has 2 amide bonds. The van der Waals surface area contributed by atoms with Gasteiger partial charge in [-0.15, -0.1) is 0 Å². The molecule has 0 aliphatic heterocycles. The quantitative estimate of drug-likeness (QED) is 0.280. The average Bonchev–Trinajstić information content (AvgIpc) is 2.77. The molecule has 0 radical (unpaired) electrons. The number of carbonyl (C=O) groups is 1. The Hall–Kier alpha value is -1.71. The Morgan fingerprint density at radius 1 is 0.839 bits per heavy atom. The summed E-state index contributed by atoms with van der Waals surface area (Å²) in [6, 6.07) is 15.6. The number of nitrogens with zero attached hydrogens (tertiary/aromatic N) is 1. The summed E-state index contributed by atoms with van der Waals surface area (Å²) >= 11 is 12.2. The summed E-state index contributed by atoms with van der Waals surface area (Å²) in [5.41, 5.74) is 1.95. The van der Waals surface area contributed by atoms with Gasteiger partial charge in [0.1, 0.15) is 0 Å². The van der Waals surface area contributed by atoms with Crippen molar-refractivity contribution in [3.63, 3.8) is 0 Å². The van der Waals surface area contributed by atoms with E-state index in [-0.39, 0.29) is 6.03 Å². The molecule has 0 saturated heterocycles. The highest BCUT2D eigenvalue weighted by atomic mass is 35.5. The van der Waals surface area contributed by atoms with Crippen LogP contribution in [0.2, 0.25) is 10.0 Å². The number of urea groups is 1. The van der Waals surface area contributed by atoms with Gasteiger partial charge in [-0.25, -0.2) is 4.79 Å². The lowest BCUT2D eigenvalue weighted by Gasteiger charge is -2.23. The van der Waals surface area contributed by atoms with Gasteiger partial charge >= 0.3 is 6.03 Å². The Morgan fingerprint density at radius 3 is 2.16 bits per heavy atom. The van der Waals surface area contributed by atoms with Crippen molar-refractivity contribution in [3.8, 4) is 0 Å². The van der Waals surface area contributed by atoms with E-state index < -0.39 is 0 Å². The van der Waals surface area contributed by atoms with Crippen LogP contribution in [0.4, 0.5) is 10.5 Å². The van der Waals surface area contributed by atoms with E-state index in [2.05, 4.69) is 36.5 Å². The van der Waals surface area contributed by atoms with E-state index in [1.54, 1.807) is 18.2 Å². The van der Waals surface area contributed by atoms with Gasteiger partial charge in [-0.1, -0.05) is 99.0 Å². The fourth-order valence-electron chi connectivity index (χ4n) is 3.64. The zero-order chi connectivity index (χ0) is 22.3. The Balaban J connectivity index is 1.83. The van der Waals surface area contributed by atoms with Crippen molar-refractivity contribution in [2.45, 2.75) is 71.1 Å². The minimum atomic E-state index is -0.0880. The van der Waals surface area contributed by atoms with Crippen molar-refractivity contribution in [2.24, 2.45) is 0 Å². The number of benzene rings is 2. The van der Waals surface area contributed by atoms with Crippen molar-refractivity contribution in [1.82, 2.24) is 4.90 Å². The number of halogens is 2. The first-order valence-corrected chi connectivity index (χ1v) is 12.4. The van der Waals surface area contributed by atoms with Crippen LogP contribution in [0.15, 0.2) is 48.5 Å². The van der Waals surface area contributed by atoms with Gasteiger partial charge in [-0.2, -0.15) is 0 Å².